The van der Waals surface area contributed by atoms with Gasteiger partial charge in [0, 0.05) is 6.04 Å². The van der Waals surface area contributed by atoms with Crippen molar-refractivity contribution in [3.05, 3.63) is 30.2 Å². The van der Waals surface area contributed by atoms with Crippen molar-refractivity contribution in [1.29, 1.82) is 0 Å². The maximum absolute atomic E-state index is 11.5. The number of benzene rings is 1. The normalized spacial score (nSPS) is 14.7. The van der Waals surface area contributed by atoms with Gasteiger partial charge < -0.3 is 14.8 Å². The molecule has 2 aromatic rings. The summed E-state index contributed by atoms with van der Waals surface area (Å²) in [6.45, 7) is 3.83. The smallest absolute Gasteiger partial charge is 0.308 e. The monoisotopic (exact) mass is 262 g/mol. The van der Waals surface area contributed by atoms with Crippen molar-refractivity contribution in [1.82, 2.24) is 10.3 Å². The average Bonchev–Trinajstić information content (AvgIpc) is 2.81. The van der Waals surface area contributed by atoms with Crippen LogP contribution in [-0.2, 0) is 4.79 Å². The van der Waals surface area contributed by atoms with E-state index in [0.717, 1.165) is 11.1 Å². The van der Waals surface area contributed by atoms with Crippen LogP contribution in [0.15, 0.2) is 29.0 Å². The Morgan fingerprint density at radius 3 is 2.74 bits per heavy atom. The fraction of sp³-hybridized carbons (Fsp3) is 0.429. The quantitative estimate of drug-likeness (QED) is 0.865. The third-order valence-electron chi connectivity index (χ3n) is 3.39. The third kappa shape index (κ3) is 2.61. The number of rotatable bonds is 5. The van der Waals surface area contributed by atoms with Crippen LogP contribution >= 0.6 is 0 Å². The number of nitrogens with zero attached hydrogens (tertiary/aromatic N) is 1. The average molecular weight is 262 g/mol. The standard InChI is InChI=1S/C14H18N2O3/c1-8(2)12(14(17)18)13(15-3)9-4-5-10-11(6-9)19-7-16-10/h4-8,12-13,15H,1-3H3,(H,17,18). The molecule has 0 aliphatic carbocycles. The molecule has 102 valence electrons. The summed E-state index contributed by atoms with van der Waals surface area (Å²) in [6, 6.07) is 5.33. The molecule has 2 rings (SSSR count). The van der Waals surface area contributed by atoms with Gasteiger partial charge in [0.1, 0.15) is 5.52 Å². The van der Waals surface area contributed by atoms with Crippen LogP contribution in [-0.4, -0.2) is 23.1 Å². The highest BCUT2D eigenvalue weighted by Gasteiger charge is 2.31. The van der Waals surface area contributed by atoms with E-state index < -0.39 is 11.9 Å². The fourth-order valence-corrected chi connectivity index (χ4v) is 2.43. The van der Waals surface area contributed by atoms with Crippen LogP contribution in [0.25, 0.3) is 11.1 Å². The summed E-state index contributed by atoms with van der Waals surface area (Å²) in [4.78, 5) is 15.5. The van der Waals surface area contributed by atoms with Gasteiger partial charge in [-0.05, 0) is 30.7 Å². The molecule has 0 fully saturated rings. The molecule has 1 aromatic heterocycles. The number of nitrogens with one attached hydrogen (secondary N) is 1. The van der Waals surface area contributed by atoms with Crippen molar-refractivity contribution in [3.63, 3.8) is 0 Å². The van der Waals surface area contributed by atoms with Gasteiger partial charge in [0.05, 0.1) is 5.92 Å². The maximum Gasteiger partial charge on any atom is 0.308 e. The van der Waals surface area contributed by atoms with Gasteiger partial charge in [-0.1, -0.05) is 19.9 Å². The van der Waals surface area contributed by atoms with E-state index in [2.05, 4.69) is 10.3 Å². The third-order valence-corrected chi connectivity index (χ3v) is 3.39. The molecule has 2 unspecified atom stereocenters. The zero-order valence-electron chi connectivity index (χ0n) is 11.3. The van der Waals surface area contributed by atoms with Gasteiger partial charge in [0.25, 0.3) is 0 Å². The number of hydrogen-bond donors (Lipinski definition) is 2. The van der Waals surface area contributed by atoms with E-state index in [-0.39, 0.29) is 12.0 Å². The lowest BCUT2D eigenvalue weighted by Crippen LogP contribution is -2.34. The van der Waals surface area contributed by atoms with Crippen LogP contribution < -0.4 is 5.32 Å². The maximum atomic E-state index is 11.5. The molecule has 5 heteroatoms. The van der Waals surface area contributed by atoms with E-state index in [1.807, 2.05) is 32.0 Å². The van der Waals surface area contributed by atoms with Crippen LogP contribution in [0, 0.1) is 11.8 Å². The Labute approximate surface area is 111 Å². The van der Waals surface area contributed by atoms with Crippen LogP contribution in [0.3, 0.4) is 0 Å². The molecule has 0 aliphatic heterocycles. The first-order valence-electron chi connectivity index (χ1n) is 6.27. The summed E-state index contributed by atoms with van der Waals surface area (Å²) in [6.07, 6.45) is 1.39. The van der Waals surface area contributed by atoms with Gasteiger partial charge >= 0.3 is 5.97 Å². The predicted octanol–water partition coefficient (Wildman–Crippen LogP) is 2.45. The van der Waals surface area contributed by atoms with Crippen molar-refractivity contribution in [2.75, 3.05) is 7.05 Å². The van der Waals surface area contributed by atoms with Crippen molar-refractivity contribution in [3.8, 4) is 0 Å². The van der Waals surface area contributed by atoms with Gasteiger partial charge in [-0.15, -0.1) is 0 Å². The molecule has 19 heavy (non-hydrogen) atoms. The topological polar surface area (TPSA) is 75.4 Å². The Balaban J connectivity index is 2.41. The Morgan fingerprint density at radius 1 is 1.42 bits per heavy atom. The Kier molecular flexibility index (Phi) is 3.85. The summed E-state index contributed by atoms with van der Waals surface area (Å²) >= 11 is 0. The minimum absolute atomic E-state index is 0.0281. The number of carboxylic acids is 1. The van der Waals surface area contributed by atoms with E-state index in [0.29, 0.717) is 5.58 Å². The van der Waals surface area contributed by atoms with E-state index in [4.69, 9.17) is 4.42 Å². The summed E-state index contributed by atoms with van der Waals surface area (Å²) in [5.74, 6) is -1.27. The highest BCUT2D eigenvalue weighted by atomic mass is 16.4. The highest BCUT2D eigenvalue weighted by molar-refractivity contribution is 5.75. The van der Waals surface area contributed by atoms with Crippen molar-refractivity contribution < 1.29 is 14.3 Å². The minimum Gasteiger partial charge on any atom is -0.481 e. The van der Waals surface area contributed by atoms with E-state index in [1.54, 1.807) is 7.05 Å². The molecule has 0 saturated carbocycles. The Bertz CT molecular complexity index is 577. The van der Waals surface area contributed by atoms with Gasteiger partial charge in [0.15, 0.2) is 12.0 Å². The molecule has 2 N–H and O–H groups in total. The van der Waals surface area contributed by atoms with Gasteiger partial charge in [-0.2, -0.15) is 0 Å². The number of aliphatic carboxylic acids is 1. The molecule has 1 heterocycles. The lowest BCUT2D eigenvalue weighted by Gasteiger charge is -2.26. The summed E-state index contributed by atoms with van der Waals surface area (Å²) in [5.41, 5.74) is 2.34. The number of hydrogen-bond acceptors (Lipinski definition) is 4. The second kappa shape index (κ2) is 5.40. The first-order valence-corrected chi connectivity index (χ1v) is 6.27. The second-order valence-corrected chi connectivity index (χ2v) is 4.95. The molecule has 0 saturated heterocycles. The lowest BCUT2D eigenvalue weighted by atomic mass is 9.84. The zero-order valence-corrected chi connectivity index (χ0v) is 11.3. The predicted molar refractivity (Wildman–Crippen MR) is 71.8 cm³/mol. The van der Waals surface area contributed by atoms with Gasteiger partial charge in [0.2, 0.25) is 0 Å². The molecular weight excluding hydrogens is 244 g/mol. The first kappa shape index (κ1) is 13.5. The van der Waals surface area contributed by atoms with Crippen LogP contribution in [0.5, 0.6) is 0 Å². The molecule has 0 amide bonds. The highest BCUT2D eigenvalue weighted by Crippen LogP contribution is 2.30. The molecule has 0 spiro atoms. The van der Waals surface area contributed by atoms with E-state index in [1.165, 1.54) is 6.39 Å². The van der Waals surface area contributed by atoms with Gasteiger partial charge in [-0.3, -0.25) is 4.79 Å². The second-order valence-electron chi connectivity index (χ2n) is 4.95. The fourth-order valence-electron chi connectivity index (χ4n) is 2.43. The number of carboxylic acid groups (broad SMARTS) is 1. The zero-order chi connectivity index (χ0) is 14.0. The molecule has 0 aliphatic rings. The molecular formula is C14H18N2O3. The van der Waals surface area contributed by atoms with Crippen molar-refractivity contribution in [2.45, 2.75) is 19.9 Å². The largest absolute Gasteiger partial charge is 0.481 e. The number of aromatic nitrogens is 1. The number of fused-ring (bicyclic) bond motifs is 1. The molecule has 0 radical (unpaired) electrons. The number of oxazole rings is 1. The molecule has 5 nitrogen and oxygen atoms in total. The van der Waals surface area contributed by atoms with Gasteiger partial charge in [-0.25, -0.2) is 4.98 Å². The SMILES string of the molecule is CNC(c1ccc2ncoc2c1)C(C(=O)O)C(C)C. The van der Waals surface area contributed by atoms with E-state index in [9.17, 15) is 9.90 Å². The summed E-state index contributed by atoms with van der Waals surface area (Å²) < 4.78 is 5.27. The summed E-state index contributed by atoms with van der Waals surface area (Å²) in [7, 11) is 1.77. The first-order chi connectivity index (χ1) is 9.04. The summed E-state index contributed by atoms with van der Waals surface area (Å²) in [5, 5.41) is 12.5. The molecule has 2 atom stereocenters. The Hall–Kier alpha value is -1.88. The Morgan fingerprint density at radius 2 is 2.16 bits per heavy atom. The molecule has 1 aromatic carbocycles. The number of carbonyl (C=O) groups is 1. The van der Waals surface area contributed by atoms with Crippen molar-refractivity contribution >= 4 is 17.1 Å². The molecule has 0 bridgehead atoms. The van der Waals surface area contributed by atoms with Crippen LogP contribution in [0.4, 0.5) is 0 Å². The lowest BCUT2D eigenvalue weighted by molar-refractivity contribution is -0.144. The van der Waals surface area contributed by atoms with Crippen LogP contribution in [0.2, 0.25) is 0 Å². The van der Waals surface area contributed by atoms with E-state index >= 15 is 0 Å². The minimum atomic E-state index is -0.799. The van der Waals surface area contributed by atoms with Crippen LogP contribution in [0.1, 0.15) is 25.5 Å². The van der Waals surface area contributed by atoms with Crippen molar-refractivity contribution in [2.24, 2.45) is 11.8 Å².